The smallest absolute Gasteiger partial charge is 0.333 e. The van der Waals surface area contributed by atoms with E-state index in [4.69, 9.17) is 4.74 Å². The third-order valence-corrected chi connectivity index (χ3v) is 2.68. The summed E-state index contributed by atoms with van der Waals surface area (Å²) in [5.74, 6) is -0.124. The number of esters is 1. The summed E-state index contributed by atoms with van der Waals surface area (Å²) in [4.78, 5) is 11.4. The molecule has 13 heavy (non-hydrogen) atoms. The number of fused-ring (bicyclic) bond motifs is 2. The minimum absolute atomic E-state index is 0.124. The molecule has 0 aromatic carbocycles. The van der Waals surface area contributed by atoms with Crippen LogP contribution in [0.2, 0.25) is 0 Å². The van der Waals surface area contributed by atoms with Gasteiger partial charge in [-0.25, -0.2) is 4.79 Å². The fourth-order valence-corrected chi connectivity index (χ4v) is 2.09. The van der Waals surface area contributed by atoms with Gasteiger partial charge in [0.05, 0.1) is 6.61 Å². The van der Waals surface area contributed by atoms with Gasteiger partial charge in [-0.15, -0.1) is 0 Å². The Labute approximate surface area is 78.1 Å². The summed E-state index contributed by atoms with van der Waals surface area (Å²) in [5.41, 5.74) is 0.869. The predicted molar refractivity (Wildman–Crippen MR) is 49.3 cm³/mol. The summed E-state index contributed by atoms with van der Waals surface area (Å²) in [7, 11) is 0. The fourth-order valence-electron chi connectivity index (χ4n) is 2.09. The first-order chi connectivity index (χ1) is 6.29. The van der Waals surface area contributed by atoms with E-state index in [2.05, 4.69) is 5.32 Å². The highest BCUT2D eigenvalue weighted by Gasteiger charge is 2.30. The molecule has 3 heteroatoms. The van der Waals surface area contributed by atoms with Crippen molar-refractivity contribution >= 4 is 5.97 Å². The molecule has 2 unspecified atom stereocenters. The van der Waals surface area contributed by atoms with Crippen LogP contribution in [-0.4, -0.2) is 24.7 Å². The van der Waals surface area contributed by atoms with Crippen LogP contribution in [-0.2, 0) is 9.53 Å². The molecular formula is C10H15NO2. The molecule has 0 aromatic rings. The maximum Gasteiger partial charge on any atom is 0.333 e. The molecule has 72 valence electrons. The molecule has 1 saturated heterocycles. The van der Waals surface area contributed by atoms with E-state index >= 15 is 0 Å². The molecule has 2 atom stereocenters. The Hall–Kier alpha value is -0.830. The number of carbonyl (C=O) groups excluding carboxylic acids is 1. The molecule has 1 fully saturated rings. The van der Waals surface area contributed by atoms with Crippen LogP contribution in [0.5, 0.6) is 0 Å². The molecule has 0 radical (unpaired) electrons. The van der Waals surface area contributed by atoms with E-state index in [-0.39, 0.29) is 5.97 Å². The van der Waals surface area contributed by atoms with E-state index in [1.807, 2.05) is 13.0 Å². The van der Waals surface area contributed by atoms with Crippen molar-refractivity contribution in [3.63, 3.8) is 0 Å². The van der Waals surface area contributed by atoms with Crippen molar-refractivity contribution < 1.29 is 9.53 Å². The lowest BCUT2D eigenvalue weighted by Gasteiger charge is -2.19. The van der Waals surface area contributed by atoms with Gasteiger partial charge in [0.2, 0.25) is 0 Å². The third kappa shape index (κ3) is 1.75. The van der Waals surface area contributed by atoms with Gasteiger partial charge in [0, 0.05) is 17.7 Å². The van der Waals surface area contributed by atoms with Gasteiger partial charge in [-0.1, -0.05) is 6.08 Å². The molecule has 1 N–H and O–H groups in total. The lowest BCUT2D eigenvalue weighted by Crippen LogP contribution is -2.34. The highest BCUT2D eigenvalue weighted by atomic mass is 16.5. The van der Waals surface area contributed by atoms with E-state index in [1.54, 1.807) is 0 Å². The van der Waals surface area contributed by atoms with E-state index in [9.17, 15) is 4.79 Å². The lowest BCUT2D eigenvalue weighted by molar-refractivity contribution is -0.138. The standard InChI is InChI=1S/C10H15NO2/c1-2-13-10(12)7-5-8-3-4-9(6-7)11-8/h5,8-9,11H,2-4,6H2,1H3. The first-order valence-corrected chi connectivity index (χ1v) is 4.93. The van der Waals surface area contributed by atoms with Crippen molar-refractivity contribution in [3.05, 3.63) is 11.6 Å². The quantitative estimate of drug-likeness (QED) is 0.646. The highest BCUT2D eigenvalue weighted by Crippen LogP contribution is 2.26. The van der Waals surface area contributed by atoms with Crippen LogP contribution in [0, 0.1) is 0 Å². The normalized spacial score (nSPS) is 31.3. The minimum Gasteiger partial charge on any atom is -0.463 e. The Balaban J connectivity index is 2.04. The van der Waals surface area contributed by atoms with Gasteiger partial charge in [0.25, 0.3) is 0 Å². The molecular weight excluding hydrogens is 166 g/mol. The largest absolute Gasteiger partial charge is 0.463 e. The SMILES string of the molecule is CCOC(=O)C1=CC2CCC(C1)N2. The summed E-state index contributed by atoms with van der Waals surface area (Å²) in [6.07, 6.45) is 5.22. The zero-order valence-electron chi connectivity index (χ0n) is 7.88. The average molecular weight is 181 g/mol. The number of hydrogen-bond donors (Lipinski definition) is 1. The maximum absolute atomic E-state index is 11.4. The highest BCUT2D eigenvalue weighted by molar-refractivity contribution is 5.89. The van der Waals surface area contributed by atoms with Crippen LogP contribution in [0.15, 0.2) is 11.6 Å². The maximum atomic E-state index is 11.4. The topological polar surface area (TPSA) is 38.3 Å². The second-order valence-electron chi connectivity index (χ2n) is 3.66. The zero-order chi connectivity index (χ0) is 9.26. The molecule has 2 heterocycles. The molecule has 0 spiro atoms. The Bertz CT molecular complexity index is 247. The molecule has 2 bridgehead atoms. The summed E-state index contributed by atoms with van der Waals surface area (Å²) in [6, 6.07) is 0.924. The van der Waals surface area contributed by atoms with Crippen molar-refractivity contribution in [1.82, 2.24) is 5.32 Å². The Morgan fingerprint density at radius 1 is 1.69 bits per heavy atom. The van der Waals surface area contributed by atoms with Crippen molar-refractivity contribution in [2.24, 2.45) is 0 Å². The van der Waals surface area contributed by atoms with Crippen molar-refractivity contribution in [2.75, 3.05) is 6.61 Å². The number of ether oxygens (including phenoxy) is 1. The lowest BCUT2D eigenvalue weighted by atomic mass is 10.0. The van der Waals surface area contributed by atoms with Gasteiger partial charge in [0.15, 0.2) is 0 Å². The van der Waals surface area contributed by atoms with E-state index in [0.29, 0.717) is 18.7 Å². The second-order valence-corrected chi connectivity index (χ2v) is 3.66. The van der Waals surface area contributed by atoms with Gasteiger partial charge in [0.1, 0.15) is 0 Å². The van der Waals surface area contributed by atoms with Gasteiger partial charge >= 0.3 is 5.97 Å². The first-order valence-electron chi connectivity index (χ1n) is 4.93. The fraction of sp³-hybridized carbons (Fsp3) is 0.700. The third-order valence-electron chi connectivity index (χ3n) is 2.68. The molecule has 0 saturated carbocycles. The average Bonchev–Trinajstić information content (AvgIpc) is 2.46. The van der Waals surface area contributed by atoms with Gasteiger partial charge in [-0.2, -0.15) is 0 Å². The van der Waals surface area contributed by atoms with Gasteiger partial charge in [-0.3, -0.25) is 0 Å². The van der Waals surface area contributed by atoms with Gasteiger partial charge in [-0.05, 0) is 26.2 Å². The Morgan fingerprint density at radius 3 is 3.23 bits per heavy atom. The van der Waals surface area contributed by atoms with Crippen molar-refractivity contribution in [2.45, 2.75) is 38.3 Å². The molecule has 0 aromatic heterocycles. The summed E-state index contributed by atoms with van der Waals surface area (Å²) >= 11 is 0. The minimum atomic E-state index is -0.124. The van der Waals surface area contributed by atoms with Crippen LogP contribution < -0.4 is 5.32 Å². The number of nitrogens with one attached hydrogen (secondary N) is 1. The van der Waals surface area contributed by atoms with E-state index < -0.39 is 0 Å². The monoisotopic (exact) mass is 181 g/mol. The van der Waals surface area contributed by atoms with Crippen LogP contribution in [0.3, 0.4) is 0 Å². The summed E-state index contributed by atoms with van der Waals surface area (Å²) in [6.45, 7) is 2.31. The second kappa shape index (κ2) is 3.50. The van der Waals surface area contributed by atoms with Crippen molar-refractivity contribution in [1.29, 1.82) is 0 Å². The first kappa shape index (κ1) is 8.75. The number of hydrogen-bond acceptors (Lipinski definition) is 3. The molecule has 3 nitrogen and oxygen atoms in total. The predicted octanol–water partition coefficient (Wildman–Crippen LogP) is 1.00. The molecule has 2 aliphatic rings. The molecule has 2 aliphatic heterocycles. The van der Waals surface area contributed by atoms with Crippen LogP contribution >= 0.6 is 0 Å². The van der Waals surface area contributed by atoms with Crippen LogP contribution in [0.1, 0.15) is 26.2 Å². The molecule has 0 amide bonds. The molecule has 2 rings (SSSR count). The van der Waals surface area contributed by atoms with Crippen LogP contribution in [0.25, 0.3) is 0 Å². The van der Waals surface area contributed by atoms with Crippen LogP contribution in [0.4, 0.5) is 0 Å². The Kier molecular flexibility index (Phi) is 2.36. The van der Waals surface area contributed by atoms with E-state index in [0.717, 1.165) is 18.4 Å². The Morgan fingerprint density at radius 2 is 2.54 bits per heavy atom. The van der Waals surface area contributed by atoms with Gasteiger partial charge < -0.3 is 10.1 Å². The number of carbonyl (C=O) groups is 1. The summed E-state index contributed by atoms with van der Waals surface area (Å²) in [5, 5.41) is 3.43. The van der Waals surface area contributed by atoms with Crippen molar-refractivity contribution in [3.8, 4) is 0 Å². The van der Waals surface area contributed by atoms with E-state index in [1.165, 1.54) is 6.42 Å². The molecule has 0 aliphatic carbocycles. The zero-order valence-corrected chi connectivity index (χ0v) is 7.88. The summed E-state index contributed by atoms with van der Waals surface area (Å²) < 4.78 is 4.97. The number of rotatable bonds is 2.